The van der Waals surface area contributed by atoms with Crippen molar-refractivity contribution in [2.75, 3.05) is 13.6 Å². The number of halogens is 1. The molecule has 1 N–H and O–H groups in total. The molecule has 0 unspecified atom stereocenters. The highest BCUT2D eigenvalue weighted by molar-refractivity contribution is 14.1. The predicted octanol–water partition coefficient (Wildman–Crippen LogP) is 4.15. The van der Waals surface area contributed by atoms with Gasteiger partial charge in [0.1, 0.15) is 11.5 Å². The van der Waals surface area contributed by atoms with Crippen molar-refractivity contribution < 1.29 is 4.74 Å². The number of likely N-dealkylation sites (N-methyl/N-ethyl adjacent to an activating group) is 1. The van der Waals surface area contributed by atoms with Gasteiger partial charge in [-0.1, -0.05) is 23.8 Å². The Morgan fingerprint density at radius 1 is 1.11 bits per heavy atom. The molecular formula is C16H18INO. The molecule has 100 valence electrons. The summed E-state index contributed by atoms with van der Waals surface area (Å²) in [5, 5.41) is 3.16. The van der Waals surface area contributed by atoms with Crippen LogP contribution in [0.1, 0.15) is 11.1 Å². The first-order valence-corrected chi connectivity index (χ1v) is 7.44. The number of hydrogen-bond acceptors (Lipinski definition) is 2. The van der Waals surface area contributed by atoms with E-state index in [0.717, 1.165) is 28.0 Å². The van der Waals surface area contributed by atoms with Gasteiger partial charge in [0.15, 0.2) is 0 Å². The van der Waals surface area contributed by atoms with E-state index in [-0.39, 0.29) is 0 Å². The maximum atomic E-state index is 5.90. The number of hydrogen-bond donors (Lipinski definition) is 1. The fourth-order valence-electron chi connectivity index (χ4n) is 1.79. The first-order chi connectivity index (χ1) is 9.19. The van der Waals surface area contributed by atoms with E-state index in [1.165, 1.54) is 11.1 Å². The van der Waals surface area contributed by atoms with Crippen molar-refractivity contribution in [3.05, 3.63) is 57.2 Å². The summed E-state index contributed by atoms with van der Waals surface area (Å²) in [7, 11) is 1.97. The molecule has 3 heteroatoms. The Morgan fingerprint density at radius 2 is 1.84 bits per heavy atom. The summed E-state index contributed by atoms with van der Waals surface area (Å²) in [6.45, 7) is 3.07. The van der Waals surface area contributed by atoms with Gasteiger partial charge >= 0.3 is 0 Å². The molecule has 0 bridgehead atoms. The number of benzene rings is 2. The highest BCUT2D eigenvalue weighted by Crippen LogP contribution is 2.27. The standard InChI is InChI=1S/C16H18INO/c1-12-3-6-14(7-4-12)19-16-8-5-13(9-10-18-2)11-15(16)17/h3-8,11,18H,9-10H2,1-2H3. The zero-order valence-corrected chi connectivity index (χ0v) is 13.4. The van der Waals surface area contributed by atoms with Gasteiger partial charge in [-0.05, 0) is 79.4 Å². The van der Waals surface area contributed by atoms with Crippen molar-refractivity contribution >= 4 is 22.6 Å². The number of rotatable bonds is 5. The Balaban J connectivity index is 2.10. The van der Waals surface area contributed by atoms with Gasteiger partial charge in [0.05, 0.1) is 3.57 Å². The summed E-state index contributed by atoms with van der Waals surface area (Å²) in [4.78, 5) is 0. The van der Waals surface area contributed by atoms with E-state index < -0.39 is 0 Å². The minimum atomic E-state index is 0.881. The van der Waals surface area contributed by atoms with E-state index in [2.05, 4.69) is 59.1 Å². The molecule has 0 radical (unpaired) electrons. The lowest BCUT2D eigenvalue weighted by molar-refractivity contribution is 0.479. The minimum Gasteiger partial charge on any atom is -0.456 e. The second-order valence-electron chi connectivity index (χ2n) is 4.53. The van der Waals surface area contributed by atoms with Crippen molar-refractivity contribution in [2.45, 2.75) is 13.3 Å². The molecule has 0 aromatic heterocycles. The Kier molecular flexibility index (Phi) is 5.22. The Bertz CT molecular complexity index is 537. The van der Waals surface area contributed by atoms with E-state index in [4.69, 9.17) is 4.74 Å². The van der Waals surface area contributed by atoms with Crippen LogP contribution in [0.4, 0.5) is 0 Å². The van der Waals surface area contributed by atoms with Gasteiger partial charge in [0.25, 0.3) is 0 Å². The average molecular weight is 367 g/mol. The van der Waals surface area contributed by atoms with Crippen molar-refractivity contribution in [2.24, 2.45) is 0 Å². The third-order valence-electron chi connectivity index (χ3n) is 2.91. The van der Waals surface area contributed by atoms with E-state index in [1.54, 1.807) is 0 Å². The first-order valence-electron chi connectivity index (χ1n) is 6.36. The van der Waals surface area contributed by atoms with Gasteiger partial charge in [-0.2, -0.15) is 0 Å². The Labute approximate surface area is 128 Å². The summed E-state index contributed by atoms with van der Waals surface area (Å²) >= 11 is 2.33. The van der Waals surface area contributed by atoms with Gasteiger partial charge in [-0.3, -0.25) is 0 Å². The maximum absolute atomic E-state index is 5.90. The summed E-state index contributed by atoms with van der Waals surface area (Å²) in [5.74, 6) is 1.80. The molecule has 0 heterocycles. The molecule has 2 aromatic carbocycles. The van der Waals surface area contributed by atoms with Crippen molar-refractivity contribution in [3.8, 4) is 11.5 Å². The van der Waals surface area contributed by atoms with Crippen LogP contribution in [0.5, 0.6) is 11.5 Å². The molecule has 0 spiro atoms. The fraction of sp³-hybridized carbons (Fsp3) is 0.250. The van der Waals surface area contributed by atoms with Crippen molar-refractivity contribution in [3.63, 3.8) is 0 Å². The molecule has 0 saturated carbocycles. The third-order valence-corrected chi connectivity index (χ3v) is 3.75. The lowest BCUT2D eigenvalue weighted by atomic mass is 10.1. The molecule has 0 amide bonds. The molecule has 2 aromatic rings. The normalized spacial score (nSPS) is 10.5. The number of aryl methyl sites for hydroxylation is 1. The summed E-state index contributed by atoms with van der Waals surface area (Å²) in [6.07, 6.45) is 1.04. The van der Waals surface area contributed by atoms with E-state index >= 15 is 0 Å². The molecule has 0 fully saturated rings. The summed E-state index contributed by atoms with van der Waals surface area (Å²) < 4.78 is 7.05. The first kappa shape index (κ1) is 14.3. The van der Waals surface area contributed by atoms with E-state index in [0.29, 0.717) is 0 Å². The second kappa shape index (κ2) is 6.91. The molecule has 0 aliphatic carbocycles. The molecule has 0 atom stereocenters. The van der Waals surface area contributed by atoms with Gasteiger partial charge in [0.2, 0.25) is 0 Å². The molecule has 2 nitrogen and oxygen atoms in total. The van der Waals surface area contributed by atoms with Crippen LogP contribution in [-0.4, -0.2) is 13.6 Å². The van der Waals surface area contributed by atoms with Gasteiger partial charge in [-0.25, -0.2) is 0 Å². The molecular weight excluding hydrogens is 349 g/mol. The van der Waals surface area contributed by atoms with Crippen LogP contribution in [0.3, 0.4) is 0 Å². The summed E-state index contributed by atoms with van der Waals surface area (Å²) in [6, 6.07) is 14.5. The monoisotopic (exact) mass is 367 g/mol. The van der Waals surface area contributed by atoms with Crippen LogP contribution in [0.15, 0.2) is 42.5 Å². The highest BCUT2D eigenvalue weighted by Gasteiger charge is 2.04. The van der Waals surface area contributed by atoms with Crippen LogP contribution in [0.2, 0.25) is 0 Å². The van der Waals surface area contributed by atoms with Crippen LogP contribution in [0.25, 0.3) is 0 Å². The zero-order valence-electron chi connectivity index (χ0n) is 11.2. The number of ether oxygens (including phenoxy) is 1. The lowest BCUT2D eigenvalue weighted by Gasteiger charge is -2.09. The maximum Gasteiger partial charge on any atom is 0.140 e. The largest absolute Gasteiger partial charge is 0.456 e. The fourth-order valence-corrected chi connectivity index (χ4v) is 2.48. The lowest BCUT2D eigenvalue weighted by Crippen LogP contribution is -2.10. The Hall–Kier alpha value is -1.07. The average Bonchev–Trinajstić information content (AvgIpc) is 2.41. The van der Waals surface area contributed by atoms with Crippen molar-refractivity contribution in [1.82, 2.24) is 5.32 Å². The van der Waals surface area contributed by atoms with E-state index in [9.17, 15) is 0 Å². The van der Waals surface area contributed by atoms with E-state index in [1.807, 2.05) is 25.2 Å². The van der Waals surface area contributed by atoms with Crippen LogP contribution in [-0.2, 0) is 6.42 Å². The summed E-state index contributed by atoms with van der Waals surface area (Å²) in [5.41, 5.74) is 2.57. The SMILES string of the molecule is CNCCc1ccc(Oc2ccc(C)cc2)c(I)c1. The third kappa shape index (κ3) is 4.21. The zero-order chi connectivity index (χ0) is 13.7. The smallest absolute Gasteiger partial charge is 0.140 e. The predicted molar refractivity (Wildman–Crippen MR) is 88.0 cm³/mol. The molecule has 0 aliphatic rings. The molecule has 2 rings (SSSR count). The van der Waals surface area contributed by atoms with Gasteiger partial charge < -0.3 is 10.1 Å². The van der Waals surface area contributed by atoms with Crippen LogP contribution < -0.4 is 10.1 Å². The molecule has 19 heavy (non-hydrogen) atoms. The van der Waals surface area contributed by atoms with Gasteiger partial charge in [0, 0.05) is 0 Å². The minimum absolute atomic E-state index is 0.881. The van der Waals surface area contributed by atoms with Crippen LogP contribution >= 0.6 is 22.6 Å². The van der Waals surface area contributed by atoms with Crippen molar-refractivity contribution in [1.29, 1.82) is 0 Å². The topological polar surface area (TPSA) is 21.3 Å². The van der Waals surface area contributed by atoms with Crippen LogP contribution in [0, 0.1) is 10.5 Å². The highest BCUT2D eigenvalue weighted by atomic mass is 127. The molecule has 0 aliphatic heterocycles. The Morgan fingerprint density at radius 3 is 2.47 bits per heavy atom. The molecule has 0 saturated heterocycles. The van der Waals surface area contributed by atoms with Gasteiger partial charge in [-0.15, -0.1) is 0 Å². The quantitative estimate of drug-likeness (QED) is 0.802. The number of nitrogens with one attached hydrogen (secondary N) is 1. The second-order valence-corrected chi connectivity index (χ2v) is 5.70.